The lowest BCUT2D eigenvalue weighted by Crippen LogP contribution is -2.45. The summed E-state index contributed by atoms with van der Waals surface area (Å²) < 4.78 is 5.57. The van der Waals surface area contributed by atoms with E-state index in [0.717, 1.165) is 64.9 Å². The Kier molecular flexibility index (Phi) is 5.64. The van der Waals surface area contributed by atoms with Gasteiger partial charge in [0.15, 0.2) is 0 Å². The van der Waals surface area contributed by atoms with Crippen molar-refractivity contribution >= 4 is 5.91 Å². The zero-order valence-electron chi connectivity index (χ0n) is 12.4. The summed E-state index contributed by atoms with van der Waals surface area (Å²) in [6, 6.07) is 0.512. The zero-order valence-corrected chi connectivity index (χ0v) is 12.4. The first-order chi connectivity index (χ1) is 9.16. The summed E-state index contributed by atoms with van der Waals surface area (Å²) in [5.41, 5.74) is 0. The van der Waals surface area contributed by atoms with E-state index < -0.39 is 0 Å². The number of rotatable bonds is 6. The second-order valence-electron chi connectivity index (χ2n) is 6.04. The Hall–Kier alpha value is -0.610. The molecule has 0 spiro atoms. The minimum Gasteiger partial charge on any atom is -0.379 e. The standard InChI is InChI=1S/C15H28N2O2/c1-13(2)19-12-4-8-16-10-6-14(7-11-16)17-9-3-5-15(17)18/h13-14H,3-12H2,1-2H3. The number of hydrogen-bond acceptors (Lipinski definition) is 3. The van der Waals surface area contributed by atoms with Crippen LogP contribution >= 0.6 is 0 Å². The normalized spacial score (nSPS) is 22.7. The van der Waals surface area contributed by atoms with Gasteiger partial charge in [-0.25, -0.2) is 0 Å². The third kappa shape index (κ3) is 4.46. The fourth-order valence-electron chi connectivity index (χ4n) is 3.12. The molecule has 2 fully saturated rings. The Morgan fingerprint density at radius 2 is 2.00 bits per heavy atom. The molecule has 4 nitrogen and oxygen atoms in total. The SMILES string of the molecule is CC(C)OCCCN1CCC(N2CCCC2=O)CC1. The second kappa shape index (κ2) is 7.25. The van der Waals surface area contributed by atoms with Crippen molar-refractivity contribution in [3.05, 3.63) is 0 Å². The van der Waals surface area contributed by atoms with E-state index in [2.05, 4.69) is 23.6 Å². The van der Waals surface area contributed by atoms with E-state index in [1.165, 1.54) is 0 Å². The molecule has 2 aliphatic heterocycles. The van der Waals surface area contributed by atoms with Crippen molar-refractivity contribution in [3.63, 3.8) is 0 Å². The molecule has 110 valence electrons. The first-order valence-corrected chi connectivity index (χ1v) is 7.80. The maximum atomic E-state index is 11.7. The fourth-order valence-corrected chi connectivity index (χ4v) is 3.12. The first kappa shape index (κ1) is 14.8. The number of hydrogen-bond donors (Lipinski definition) is 0. The highest BCUT2D eigenvalue weighted by Gasteiger charge is 2.30. The van der Waals surface area contributed by atoms with Crippen LogP contribution in [0.15, 0.2) is 0 Å². The van der Waals surface area contributed by atoms with Crippen LogP contribution in [0.3, 0.4) is 0 Å². The van der Waals surface area contributed by atoms with Crippen molar-refractivity contribution in [1.29, 1.82) is 0 Å². The van der Waals surface area contributed by atoms with Gasteiger partial charge in [-0.2, -0.15) is 0 Å². The molecule has 2 saturated heterocycles. The Balaban J connectivity index is 1.61. The van der Waals surface area contributed by atoms with E-state index in [1.807, 2.05) is 0 Å². The summed E-state index contributed by atoms with van der Waals surface area (Å²) in [5.74, 6) is 0.379. The average Bonchev–Trinajstić information content (AvgIpc) is 2.81. The zero-order chi connectivity index (χ0) is 13.7. The van der Waals surface area contributed by atoms with Crippen LogP contribution in [0.5, 0.6) is 0 Å². The Morgan fingerprint density at radius 3 is 2.58 bits per heavy atom. The Bertz CT molecular complexity index is 286. The third-order valence-electron chi connectivity index (χ3n) is 4.18. The van der Waals surface area contributed by atoms with Crippen molar-refractivity contribution in [3.8, 4) is 0 Å². The number of carbonyl (C=O) groups is 1. The highest BCUT2D eigenvalue weighted by molar-refractivity contribution is 5.78. The minimum absolute atomic E-state index is 0.340. The summed E-state index contributed by atoms with van der Waals surface area (Å²) in [4.78, 5) is 16.4. The number of likely N-dealkylation sites (tertiary alicyclic amines) is 2. The van der Waals surface area contributed by atoms with Gasteiger partial charge in [-0.3, -0.25) is 4.79 Å². The van der Waals surface area contributed by atoms with E-state index in [4.69, 9.17) is 4.74 Å². The van der Waals surface area contributed by atoms with E-state index in [-0.39, 0.29) is 0 Å². The molecule has 0 bridgehead atoms. The van der Waals surface area contributed by atoms with Gasteiger partial charge in [-0.05, 0) is 39.5 Å². The van der Waals surface area contributed by atoms with Crippen molar-refractivity contribution < 1.29 is 9.53 Å². The monoisotopic (exact) mass is 268 g/mol. The van der Waals surface area contributed by atoms with Gasteiger partial charge in [0.25, 0.3) is 0 Å². The van der Waals surface area contributed by atoms with Crippen LogP contribution in [-0.2, 0) is 9.53 Å². The molecule has 0 N–H and O–H groups in total. The molecule has 0 aromatic carbocycles. The molecule has 2 aliphatic rings. The molecular formula is C15H28N2O2. The maximum absolute atomic E-state index is 11.7. The van der Waals surface area contributed by atoms with Crippen LogP contribution < -0.4 is 0 Å². The number of carbonyl (C=O) groups excluding carboxylic acids is 1. The highest BCUT2D eigenvalue weighted by Crippen LogP contribution is 2.22. The smallest absolute Gasteiger partial charge is 0.222 e. The second-order valence-corrected chi connectivity index (χ2v) is 6.04. The van der Waals surface area contributed by atoms with Gasteiger partial charge >= 0.3 is 0 Å². The molecule has 19 heavy (non-hydrogen) atoms. The number of nitrogens with zero attached hydrogens (tertiary/aromatic N) is 2. The van der Waals surface area contributed by atoms with E-state index >= 15 is 0 Å². The summed E-state index contributed by atoms with van der Waals surface area (Å²) in [6.07, 6.45) is 5.59. The van der Waals surface area contributed by atoms with Crippen molar-refractivity contribution in [2.75, 3.05) is 32.8 Å². The summed E-state index contributed by atoms with van der Waals surface area (Å²) in [7, 11) is 0. The molecule has 0 aromatic rings. The molecule has 0 aromatic heterocycles. The van der Waals surface area contributed by atoms with Crippen LogP contribution in [0, 0.1) is 0 Å². The van der Waals surface area contributed by atoms with Gasteiger partial charge in [0.05, 0.1) is 6.10 Å². The molecule has 0 radical (unpaired) electrons. The molecule has 0 unspecified atom stereocenters. The molecule has 0 atom stereocenters. The van der Waals surface area contributed by atoms with Crippen LogP contribution in [0.1, 0.15) is 46.0 Å². The third-order valence-corrected chi connectivity index (χ3v) is 4.18. The van der Waals surface area contributed by atoms with Crippen LogP contribution in [0.2, 0.25) is 0 Å². The van der Waals surface area contributed by atoms with Crippen LogP contribution in [0.25, 0.3) is 0 Å². The lowest BCUT2D eigenvalue weighted by Gasteiger charge is -2.36. The van der Waals surface area contributed by atoms with Gasteiger partial charge < -0.3 is 14.5 Å². The van der Waals surface area contributed by atoms with E-state index in [0.29, 0.717) is 18.1 Å². The molecule has 1 amide bonds. The van der Waals surface area contributed by atoms with Crippen molar-refractivity contribution in [1.82, 2.24) is 9.80 Å². The summed E-state index contributed by atoms with van der Waals surface area (Å²) >= 11 is 0. The average molecular weight is 268 g/mol. The van der Waals surface area contributed by atoms with Gasteiger partial charge in [-0.15, -0.1) is 0 Å². The van der Waals surface area contributed by atoms with E-state index in [9.17, 15) is 4.79 Å². The molecule has 4 heteroatoms. The van der Waals surface area contributed by atoms with Gasteiger partial charge in [0, 0.05) is 45.2 Å². The highest BCUT2D eigenvalue weighted by atomic mass is 16.5. The van der Waals surface area contributed by atoms with Crippen LogP contribution in [0.4, 0.5) is 0 Å². The quantitative estimate of drug-likeness (QED) is 0.690. The topological polar surface area (TPSA) is 32.8 Å². The minimum atomic E-state index is 0.340. The summed E-state index contributed by atoms with van der Waals surface area (Å²) in [6.45, 7) is 9.42. The number of piperidine rings is 1. The molecule has 0 aliphatic carbocycles. The molecule has 2 rings (SSSR count). The fraction of sp³-hybridized carbons (Fsp3) is 0.933. The maximum Gasteiger partial charge on any atom is 0.222 e. The predicted molar refractivity (Wildman–Crippen MR) is 76.1 cm³/mol. The van der Waals surface area contributed by atoms with Gasteiger partial charge in [0.1, 0.15) is 0 Å². The molecule has 2 heterocycles. The number of amides is 1. The largest absolute Gasteiger partial charge is 0.379 e. The Morgan fingerprint density at radius 1 is 1.26 bits per heavy atom. The first-order valence-electron chi connectivity index (χ1n) is 7.80. The van der Waals surface area contributed by atoms with Crippen LogP contribution in [-0.4, -0.2) is 60.6 Å². The molecular weight excluding hydrogens is 240 g/mol. The van der Waals surface area contributed by atoms with E-state index in [1.54, 1.807) is 0 Å². The predicted octanol–water partition coefficient (Wildman–Crippen LogP) is 1.89. The van der Waals surface area contributed by atoms with Gasteiger partial charge in [-0.1, -0.05) is 0 Å². The molecule has 0 saturated carbocycles. The van der Waals surface area contributed by atoms with Crippen molar-refractivity contribution in [2.45, 2.75) is 58.1 Å². The Labute approximate surface area is 117 Å². The van der Waals surface area contributed by atoms with Gasteiger partial charge in [0.2, 0.25) is 5.91 Å². The van der Waals surface area contributed by atoms with Crippen molar-refractivity contribution in [2.24, 2.45) is 0 Å². The number of ether oxygens (including phenoxy) is 1. The summed E-state index contributed by atoms with van der Waals surface area (Å²) in [5, 5.41) is 0. The lowest BCUT2D eigenvalue weighted by molar-refractivity contribution is -0.130. The lowest BCUT2D eigenvalue weighted by atomic mass is 10.0.